The molecule has 1 N–H and O–H groups in total. The summed E-state index contributed by atoms with van der Waals surface area (Å²) in [7, 11) is -3.74. The van der Waals surface area contributed by atoms with Gasteiger partial charge in [0, 0.05) is 25.2 Å². The number of nitrogens with one attached hydrogen (secondary N) is 1. The van der Waals surface area contributed by atoms with Gasteiger partial charge in [0.25, 0.3) is 10.0 Å². The molecule has 10 heteroatoms. The third-order valence-corrected chi connectivity index (χ3v) is 8.41. The zero-order valence-corrected chi connectivity index (χ0v) is 19.5. The Labute approximate surface area is 189 Å². The number of anilines is 1. The molecule has 2 atom stereocenters. The van der Waals surface area contributed by atoms with Crippen molar-refractivity contribution in [2.45, 2.75) is 36.7 Å². The van der Waals surface area contributed by atoms with Crippen molar-refractivity contribution in [2.75, 3.05) is 18.0 Å². The van der Waals surface area contributed by atoms with Crippen molar-refractivity contribution < 1.29 is 8.42 Å². The second kappa shape index (κ2) is 7.68. The highest BCUT2D eigenvalue weighted by Gasteiger charge is 2.34. The molecule has 29 heavy (non-hydrogen) atoms. The fraction of sp³-hybridized carbons (Fsp3) is 0.368. The van der Waals surface area contributed by atoms with E-state index in [1.54, 1.807) is 12.1 Å². The summed E-state index contributed by atoms with van der Waals surface area (Å²) in [5.41, 5.74) is 1.45. The summed E-state index contributed by atoms with van der Waals surface area (Å²) in [5, 5.41) is 4.40. The van der Waals surface area contributed by atoms with E-state index in [1.165, 1.54) is 23.1 Å². The molecule has 2 saturated heterocycles. The van der Waals surface area contributed by atoms with Crippen LogP contribution < -0.4 is 10.2 Å². The van der Waals surface area contributed by atoms with Gasteiger partial charge in [0.15, 0.2) is 5.65 Å². The lowest BCUT2D eigenvalue weighted by Crippen LogP contribution is -2.51. The molecule has 1 aromatic carbocycles. The van der Waals surface area contributed by atoms with Gasteiger partial charge in [0.1, 0.15) is 12.1 Å². The van der Waals surface area contributed by atoms with Crippen molar-refractivity contribution in [1.29, 1.82) is 0 Å². The highest BCUT2D eigenvalue weighted by molar-refractivity contribution is 14.1. The first-order chi connectivity index (χ1) is 13.4. The number of hydrogen-bond donors (Lipinski definition) is 1. The molecule has 2 fully saturated rings. The molecule has 2 aromatic heterocycles. The molecule has 7 nitrogen and oxygen atoms in total. The maximum atomic E-state index is 13.3. The number of nitrogens with zero attached hydrogens (tertiary/aromatic N) is 4. The molecule has 0 aliphatic carbocycles. The first-order valence-corrected chi connectivity index (χ1v) is 11.8. The van der Waals surface area contributed by atoms with Gasteiger partial charge in [-0.25, -0.2) is 22.4 Å². The largest absolute Gasteiger partial charge is 0.353 e. The van der Waals surface area contributed by atoms with E-state index in [9.17, 15) is 8.42 Å². The van der Waals surface area contributed by atoms with Crippen molar-refractivity contribution in [3.05, 3.63) is 45.9 Å². The Morgan fingerprint density at radius 3 is 2.41 bits per heavy atom. The van der Waals surface area contributed by atoms with Gasteiger partial charge in [-0.15, -0.1) is 12.4 Å². The topological polar surface area (TPSA) is 80.1 Å². The summed E-state index contributed by atoms with van der Waals surface area (Å²) < 4.78 is 28.6. The monoisotopic (exact) mass is 545 g/mol. The Kier molecular flexibility index (Phi) is 5.51. The third kappa shape index (κ3) is 3.51. The first kappa shape index (κ1) is 20.8. The van der Waals surface area contributed by atoms with Crippen LogP contribution in [0.2, 0.25) is 0 Å². The smallest absolute Gasteiger partial charge is 0.270 e. The highest BCUT2D eigenvalue weighted by Crippen LogP contribution is 2.32. The van der Waals surface area contributed by atoms with Crippen LogP contribution in [-0.2, 0) is 10.0 Å². The molecule has 0 spiro atoms. The molecule has 0 saturated carbocycles. The second-order valence-corrected chi connectivity index (χ2v) is 10.4. The van der Waals surface area contributed by atoms with Gasteiger partial charge < -0.3 is 10.2 Å². The van der Waals surface area contributed by atoms with Crippen LogP contribution in [0.5, 0.6) is 0 Å². The quantitative estimate of drug-likeness (QED) is 0.510. The predicted octanol–water partition coefficient (Wildman–Crippen LogP) is 2.94. The number of rotatable bonds is 3. The molecule has 2 aliphatic heterocycles. The minimum Gasteiger partial charge on any atom is -0.353 e. The number of aryl methyl sites for hydroxylation is 1. The average Bonchev–Trinajstić information content (AvgIpc) is 3.19. The van der Waals surface area contributed by atoms with Crippen molar-refractivity contribution in [3.8, 4) is 0 Å². The minimum atomic E-state index is -3.74. The molecule has 0 amide bonds. The summed E-state index contributed by atoms with van der Waals surface area (Å²) >= 11 is 2.07. The SMILES string of the molecule is Cc1ccc(S(=O)(=O)n2c(I)cc3c(N4CC5CCC(C4)N5)ncnc32)cc1.Cl. The average molecular weight is 546 g/mol. The summed E-state index contributed by atoms with van der Waals surface area (Å²) in [5.74, 6) is 0.819. The molecule has 2 bridgehead atoms. The Hall–Kier alpha value is -1.43. The minimum absolute atomic E-state index is 0. The lowest BCUT2D eigenvalue weighted by atomic mass is 10.2. The number of hydrogen-bond acceptors (Lipinski definition) is 6. The van der Waals surface area contributed by atoms with Crippen LogP contribution >= 0.6 is 35.0 Å². The Bertz CT molecular complexity index is 1150. The Balaban J connectivity index is 0.00000205. The second-order valence-electron chi connectivity index (χ2n) is 7.53. The third-order valence-electron chi connectivity index (χ3n) is 5.57. The van der Waals surface area contributed by atoms with Gasteiger partial charge in [-0.2, -0.15) is 0 Å². The number of aromatic nitrogens is 3. The van der Waals surface area contributed by atoms with E-state index < -0.39 is 10.0 Å². The van der Waals surface area contributed by atoms with Crippen LogP contribution in [0.4, 0.5) is 5.82 Å². The molecule has 3 aromatic rings. The van der Waals surface area contributed by atoms with Crippen LogP contribution in [0.3, 0.4) is 0 Å². The van der Waals surface area contributed by atoms with Gasteiger partial charge in [0.2, 0.25) is 0 Å². The van der Waals surface area contributed by atoms with Crippen LogP contribution in [0.15, 0.2) is 41.6 Å². The van der Waals surface area contributed by atoms with Crippen LogP contribution in [0, 0.1) is 10.6 Å². The number of piperazine rings is 1. The van der Waals surface area contributed by atoms with Crippen LogP contribution in [0.25, 0.3) is 11.0 Å². The molecule has 5 rings (SSSR count). The highest BCUT2D eigenvalue weighted by atomic mass is 127. The van der Waals surface area contributed by atoms with E-state index in [0.29, 0.717) is 21.4 Å². The molecule has 154 valence electrons. The zero-order valence-electron chi connectivity index (χ0n) is 15.7. The molecule has 2 aliphatic rings. The lowest BCUT2D eigenvalue weighted by Gasteiger charge is -2.33. The molecule has 0 radical (unpaired) electrons. The van der Waals surface area contributed by atoms with E-state index in [4.69, 9.17) is 0 Å². The van der Waals surface area contributed by atoms with Crippen LogP contribution in [-0.4, -0.2) is 47.5 Å². The van der Waals surface area contributed by atoms with Crippen molar-refractivity contribution in [3.63, 3.8) is 0 Å². The number of fused-ring (bicyclic) bond motifs is 3. The number of benzene rings is 1. The van der Waals surface area contributed by atoms with Gasteiger partial charge in [-0.1, -0.05) is 17.7 Å². The fourth-order valence-electron chi connectivity index (χ4n) is 4.21. The summed E-state index contributed by atoms with van der Waals surface area (Å²) in [6.45, 7) is 3.70. The zero-order chi connectivity index (χ0) is 19.5. The normalized spacial score (nSPS) is 21.4. The molecule has 2 unspecified atom stereocenters. The lowest BCUT2D eigenvalue weighted by molar-refractivity contribution is 0.464. The molecule has 4 heterocycles. The predicted molar refractivity (Wildman–Crippen MR) is 123 cm³/mol. The summed E-state index contributed by atoms with van der Waals surface area (Å²) in [6, 6.07) is 9.72. The maximum absolute atomic E-state index is 13.3. The number of halogens is 2. The van der Waals surface area contributed by atoms with E-state index >= 15 is 0 Å². The van der Waals surface area contributed by atoms with Crippen molar-refractivity contribution in [1.82, 2.24) is 19.3 Å². The summed E-state index contributed by atoms with van der Waals surface area (Å²) in [6.07, 6.45) is 3.82. The van der Waals surface area contributed by atoms with Crippen molar-refractivity contribution in [2.24, 2.45) is 0 Å². The Morgan fingerprint density at radius 2 is 1.76 bits per heavy atom. The van der Waals surface area contributed by atoms with Gasteiger partial charge in [0.05, 0.1) is 14.0 Å². The Morgan fingerprint density at radius 1 is 1.10 bits per heavy atom. The summed E-state index contributed by atoms with van der Waals surface area (Å²) in [4.78, 5) is 11.4. The fourth-order valence-corrected chi connectivity index (χ4v) is 6.88. The first-order valence-electron chi connectivity index (χ1n) is 9.28. The van der Waals surface area contributed by atoms with Crippen LogP contribution in [0.1, 0.15) is 18.4 Å². The van der Waals surface area contributed by atoms with E-state index in [0.717, 1.165) is 29.9 Å². The van der Waals surface area contributed by atoms with Gasteiger partial charge >= 0.3 is 0 Å². The maximum Gasteiger partial charge on any atom is 0.270 e. The van der Waals surface area contributed by atoms with Gasteiger partial charge in [-0.3, -0.25) is 0 Å². The van der Waals surface area contributed by atoms with E-state index in [-0.39, 0.29) is 17.3 Å². The molecular formula is C19H21ClIN5O2S. The van der Waals surface area contributed by atoms with Crippen molar-refractivity contribution >= 4 is 61.9 Å². The van der Waals surface area contributed by atoms with Gasteiger partial charge in [-0.05, 0) is 60.6 Å². The standard InChI is InChI=1S/C19H20IN5O2S.ClH/c1-12-2-6-15(7-3-12)28(26,27)25-17(20)8-16-18(21-11-22-19(16)25)24-9-13-4-5-14(10-24)23-13;/h2-3,6-8,11,13-14,23H,4-5,9-10H2,1H3;1H. The molecular weight excluding hydrogens is 525 g/mol. The van der Waals surface area contributed by atoms with E-state index in [2.05, 4.69) is 42.8 Å². The van der Waals surface area contributed by atoms with E-state index in [1.807, 2.05) is 25.1 Å².